The van der Waals surface area contributed by atoms with Crippen LogP contribution in [0.15, 0.2) is 64.8 Å². The summed E-state index contributed by atoms with van der Waals surface area (Å²) in [5, 5.41) is 11.2. The third kappa shape index (κ3) is 3.98. The van der Waals surface area contributed by atoms with Crippen LogP contribution < -0.4 is 19.1 Å². The first-order chi connectivity index (χ1) is 16.4. The number of hydrogen-bond acceptors (Lipinski definition) is 7. The van der Waals surface area contributed by atoms with Crippen LogP contribution >= 0.6 is 0 Å². The monoisotopic (exact) mass is 463 g/mol. The van der Waals surface area contributed by atoms with Crippen LogP contribution in [0.5, 0.6) is 17.2 Å². The highest BCUT2D eigenvalue weighted by atomic mass is 16.5. The number of aliphatic hydroxyl groups is 1. The Hall–Kier alpha value is -4.20. The van der Waals surface area contributed by atoms with Gasteiger partial charge in [-0.25, -0.2) is 0 Å². The van der Waals surface area contributed by atoms with Crippen molar-refractivity contribution in [2.75, 3.05) is 25.7 Å². The van der Waals surface area contributed by atoms with Crippen LogP contribution in [0.25, 0.3) is 5.76 Å². The zero-order valence-electron chi connectivity index (χ0n) is 19.3. The predicted molar refractivity (Wildman–Crippen MR) is 125 cm³/mol. The van der Waals surface area contributed by atoms with E-state index < -0.39 is 17.7 Å². The molecule has 1 saturated heterocycles. The molecular formula is C26H25NO7. The van der Waals surface area contributed by atoms with Crippen LogP contribution in [-0.4, -0.2) is 37.6 Å². The van der Waals surface area contributed by atoms with Crippen molar-refractivity contribution in [3.8, 4) is 17.2 Å². The molecule has 1 fully saturated rings. The second-order valence-electron chi connectivity index (χ2n) is 7.67. The van der Waals surface area contributed by atoms with Crippen molar-refractivity contribution in [2.24, 2.45) is 0 Å². The van der Waals surface area contributed by atoms with E-state index in [1.807, 2.05) is 13.8 Å². The molecule has 0 spiro atoms. The van der Waals surface area contributed by atoms with Gasteiger partial charge in [-0.05, 0) is 49.7 Å². The smallest absolute Gasteiger partial charge is 0.300 e. The zero-order valence-corrected chi connectivity index (χ0v) is 19.3. The molecule has 1 unspecified atom stereocenters. The number of aliphatic hydroxyl groups excluding tert-OH is 1. The molecule has 0 bridgehead atoms. The number of Topliss-reactive ketones (excluding diaryl/α,β-unsaturated/α-hetero) is 1. The topological polar surface area (TPSA) is 98.4 Å². The lowest BCUT2D eigenvalue weighted by Crippen LogP contribution is -2.29. The fourth-order valence-corrected chi connectivity index (χ4v) is 4.02. The Bertz CT molecular complexity index is 1240. The minimum absolute atomic E-state index is 0.0784. The van der Waals surface area contributed by atoms with Gasteiger partial charge >= 0.3 is 0 Å². The van der Waals surface area contributed by atoms with Crippen molar-refractivity contribution in [1.29, 1.82) is 0 Å². The Kier molecular flexibility index (Phi) is 6.32. The zero-order chi connectivity index (χ0) is 24.4. The maximum Gasteiger partial charge on any atom is 0.300 e. The summed E-state index contributed by atoms with van der Waals surface area (Å²) in [7, 11) is 2.98. The molecule has 1 aromatic heterocycles. The summed E-state index contributed by atoms with van der Waals surface area (Å²) in [5.41, 5.74) is 1.46. The van der Waals surface area contributed by atoms with Gasteiger partial charge in [-0.2, -0.15) is 0 Å². The molecule has 34 heavy (non-hydrogen) atoms. The van der Waals surface area contributed by atoms with Crippen LogP contribution in [0.3, 0.4) is 0 Å². The van der Waals surface area contributed by atoms with Crippen molar-refractivity contribution >= 4 is 23.1 Å². The van der Waals surface area contributed by atoms with Gasteiger partial charge in [-0.15, -0.1) is 0 Å². The molecule has 1 amide bonds. The molecule has 1 atom stereocenters. The molecule has 1 aliphatic rings. The van der Waals surface area contributed by atoms with Crippen molar-refractivity contribution < 1.29 is 33.3 Å². The van der Waals surface area contributed by atoms with Crippen LogP contribution in [0.4, 0.5) is 5.69 Å². The number of ether oxygens (including phenoxy) is 3. The Balaban J connectivity index is 1.90. The van der Waals surface area contributed by atoms with Gasteiger partial charge in [0, 0.05) is 23.8 Å². The third-order valence-electron chi connectivity index (χ3n) is 5.62. The highest BCUT2D eigenvalue weighted by Gasteiger charge is 2.48. The van der Waals surface area contributed by atoms with Gasteiger partial charge in [0.15, 0.2) is 0 Å². The van der Waals surface area contributed by atoms with Crippen molar-refractivity contribution in [2.45, 2.75) is 19.9 Å². The van der Waals surface area contributed by atoms with Crippen LogP contribution in [0.1, 0.15) is 29.9 Å². The lowest BCUT2D eigenvalue weighted by atomic mass is 9.98. The highest BCUT2D eigenvalue weighted by molar-refractivity contribution is 6.51. The number of amides is 1. The molecule has 0 saturated carbocycles. The highest BCUT2D eigenvalue weighted by Crippen LogP contribution is 2.44. The van der Waals surface area contributed by atoms with Gasteiger partial charge in [0.1, 0.15) is 34.8 Å². The minimum Gasteiger partial charge on any atom is -0.507 e. The summed E-state index contributed by atoms with van der Waals surface area (Å²) >= 11 is 0. The number of rotatable bonds is 7. The fraction of sp³-hybridized carbons (Fsp3) is 0.231. The van der Waals surface area contributed by atoms with Crippen molar-refractivity contribution in [3.05, 3.63) is 77.3 Å². The second kappa shape index (κ2) is 9.35. The maximum absolute atomic E-state index is 13.3. The average Bonchev–Trinajstić information content (AvgIpc) is 3.46. The molecule has 8 nitrogen and oxygen atoms in total. The van der Waals surface area contributed by atoms with E-state index in [9.17, 15) is 14.7 Å². The molecular weight excluding hydrogens is 438 g/mol. The standard InChI is InChI=1S/C26H25NO7/c1-5-33-20-9-8-16(11-15(20)2)24(28)22-23(21-7-6-10-34-21)27(26(30)25(22)29)17-12-18(31-3)14-19(13-17)32-4/h6-14,23,28H,5H2,1-4H3/b24-22-. The summed E-state index contributed by atoms with van der Waals surface area (Å²) < 4.78 is 21.8. The first-order valence-corrected chi connectivity index (χ1v) is 10.7. The first kappa shape index (κ1) is 23.0. The lowest BCUT2D eigenvalue weighted by Gasteiger charge is -2.24. The number of methoxy groups -OCH3 is 2. The number of carbonyl (C=O) groups excluding carboxylic acids is 2. The van der Waals surface area contributed by atoms with E-state index in [2.05, 4.69) is 0 Å². The van der Waals surface area contributed by atoms with Crippen molar-refractivity contribution in [1.82, 2.24) is 0 Å². The molecule has 0 aliphatic carbocycles. The molecule has 176 valence electrons. The molecule has 1 N–H and O–H groups in total. The van der Waals surface area contributed by atoms with Gasteiger partial charge in [-0.3, -0.25) is 14.5 Å². The number of aryl methyl sites for hydroxylation is 1. The number of ketones is 1. The van der Waals surface area contributed by atoms with Gasteiger partial charge in [0.2, 0.25) is 0 Å². The SMILES string of the molecule is CCOc1ccc(/C(O)=C2/C(=O)C(=O)N(c3cc(OC)cc(OC)c3)C2c2ccco2)cc1C. The number of benzene rings is 2. The van der Waals surface area contributed by atoms with Gasteiger partial charge < -0.3 is 23.7 Å². The molecule has 3 aromatic rings. The van der Waals surface area contributed by atoms with Gasteiger partial charge in [0.25, 0.3) is 11.7 Å². The summed E-state index contributed by atoms with van der Waals surface area (Å²) in [5.74, 6) is -0.0553. The number of anilines is 1. The van der Waals surface area contributed by atoms with Crippen LogP contribution in [-0.2, 0) is 9.59 Å². The van der Waals surface area contributed by atoms with Gasteiger partial charge in [0.05, 0.1) is 38.4 Å². The largest absolute Gasteiger partial charge is 0.507 e. The normalized spacial score (nSPS) is 17.2. The Labute approximate surface area is 197 Å². The number of nitrogens with zero attached hydrogens (tertiary/aromatic N) is 1. The van der Waals surface area contributed by atoms with E-state index in [-0.39, 0.29) is 11.3 Å². The third-order valence-corrected chi connectivity index (χ3v) is 5.62. The van der Waals surface area contributed by atoms with E-state index in [0.717, 1.165) is 5.56 Å². The summed E-state index contributed by atoms with van der Waals surface area (Å²) in [4.78, 5) is 27.8. The fourth-order valence-electron chi connectivity index (χ4n) is 4.02. The quantitative estimate of drug-likeness (QED) is 0.310. The second-order valence-corrected chi connectivity index (χ2v) is 7.67. The lowest BCUT2D eigenvalue weighted by molar-refractivity contribution is -0.132. The molecule has 0 radical (unpaired) electrons. The Morgan fingerprint density at radius 1 is 1.06 bits per heavy atom. The molecule has 8 heteroatoms. The predicted octanol–water partition coefficient (Wildman–Crippen LogP) is 4.63. The molecule has 4 rings (SSSR count). The first-order valence-electron chi connectivity index (χ1n) is 10.7. The molecule has 2 heterocycles. The minimum atomic E-state index is -0.987. The van der Waals surface area contributed by atoms with E-state index in [4.69, 9.17) is 18.6 Å². The van der Waals surface area contributed by atoms with E-state index in [1.165, 1.54) is 25.4 Å². The number of carbonyl (C=O) groups is 2. The maximum atomic E-state index is 13.3. The summed E-state index contributed by atoms with van der Waals surface area (Å²) in [6.45, 7) is 4.22. The number of hydrogen-bond donors (Lipinski definition) is 1. The summed E-state index contributed by atoms with van der Waals surface area (Å²) in [6, 6.07) is 12.3. The van der Waals surface area contributed by atoms with Crippen LogP contribution in [0, 0.1) is 6.92 Å². The summed E-state index contributed by atoms with van der Waals surface area (Å²) in [6.07, 6.45) is 1.45. The Morgan fingerprint density at radius 3 is 2.32 bits per heavy atom. The average molecular weight is 463 g/mol. The molecule has 1 aliphatic heterocycles. The Morgan fingerprint density at radius 2 is 1.76 bits per heavy atom. The van der Waals surface area contributed by atoms with Gasteiger partial charge in [-0.1, -0.05) is 0 Å². The van der Waals surface area contributed by atoms with E-state index >= 15 is 0 Å². The van der Waals surface area contributed by atoms with E-state index in [0.29, 0.717) is 40.9 Å². The van der Waals surface area contributed by atoms with Crippen LogP contribution in [0.2, 0.25) is 0 Å². The van der Waals surface area contributed by atoms with Crippen molar-refractivity contribution in [3.63, 3.8) is 0 Å². The van der Waals surface area contributed by atoms with E-state index in [1.54, 1.807) is 48.5 Å². The number of furan rings is 1. The molecule has 2 aromatic carbocycles.